The summed E-state index contributed by atoms with van der Waals surface area (Å²) in [5, 5.41) is 5.54. The van der Waals surface area contributed by atoms with Crippen LogP contribution < -0.4 is 22.1 Å². The van der Waals surface area contributed by atoms with Crippen LogP contribution in [0.1, 0.15) is 5.56 Å². The maximum absolute atomic E-state index is 11.6. The van der Waals surface area contributed by atoms with E-state index in [0.717, 1.165) is 11.3 Å². The number of carbonyl (C=O) groups is 1. The van der Waals surface area contributed by atoms with E-state index in [1.54, 1.807) is 6.08 Å². The molecular formula is C11H14N4O. The number of para-hydroxylation sites is 1. The fourth-order valence-corrected chi connectivity index (χ4v) is 1.60. The van der Waals surface area contributed by atoms with Crippen LogP contribution in [0.5, 0.6) is 0 Å². The number of anilines is 1. The zero-order valence-corrected chi connectivity index (χ0v) is 8.68. The van der Waals surface area contributed by atoms with Crippen molar-refractivity contribution in [1.29, 1.82) is 0 Å². The minimum Gasteiger partial charge on any atom is -0.370 e. The van der Waals surface area contributed by atoms with Gasteiger partial charge in [-0.05, 0) is 11.6 Å². The van der Waals surface area contributed by atoms with Crippen LogP contribution in [0.4, 0.5) is 5.69 Å². The van der Waals surface area contributed by atoms with Gasteiger partial charge in [0.15, 0.2) is 0 Å². The van der Waals surface area contributed by atoms with Crippen molar-refractivity contribution in [3.05, 3.63) is 35.9 Å². The smallest absolute Gasteiger partial charge is 0.248 e. The van der Waals surface area contributed by atoms with Gasteiger partial charge in [-0.25, -0.2) is 0 Å². The number of rotatable bonds is 2. The summed E-state index contributed by atoms with van der Waals surface area (Å²) in [6.07, 6.45) is 2.85. The molecule has 0 saturated heterocycles. The summed E-state index contributed by atoms with van der Waals surface area (Å²) in [5.41, 5.74) is 12.6. The number of fused-ring (bicyclic) bond motifs is 1. The van der Waals surface area contributed by atoms with Crippen molar-refractivity contribution in [3.8, 4) is 0 Å². The minimum atomic E-state index is -0.833. The van der Waals surface area contributed by atoms with Crippen molar-refractivity contribution in [1.82, 2.24) is 5.32 Å². The number of benzene rings is 1. The Kier molecular flexibility index (Phi) is 2.89. The number of nitrogens with one attached hydrogen (secondary N) is 2. The van der Waals surface area contributed by atoms with Crippen molar-refractivity contribution in [2.75, 3.05) is 5.32 Å². The lowest BCUT2D eigenvalue weighted by atomic mass is 10.1. The normalized spacial score (nSPS) is 17.8. The molecule has 5 heteroatoms. The summed E-state index contributed by atoms with van der Waals surface area (Å²) in [4.78, 5) is 11.6. The molecule has 0 radical (unpaired) electrons. The zero-order chi connectivity index (χ0) is 11.5. The molecule has 1 aromatic carbocycles. The van der Waals surface area contributed by atoms with Crippen LogP contribution in [0, 0.1) is 0 Å². The molecule has 5 nitrogen and oxygen atoms in total. The second kappa shape index (κ2) is 4.34. The summed E-state index contributed by atoms with van der Waals surface area (Å²) < 4.78 is 0. The Balaban J connectivity index is 2.11. The van der Waals surface area contributed by atoms with Gasteiger partial charge in [0.05, 0.1) is 0 Å². The van der Waals surface area contributed by atoms with Crippen LogP contribution in [0.3, 0.4) is 0 Å². The Morgan fingerprint density at radius 1 is 1.38 bits per heavy atom. The standard InChI is InChI=1S/C11H14N4O/c12-11(13)15-10(16)9-6-5-7-3-1-2-4-8(7)14-9/h1-6,9,11,14H,12-13H2,(H,15,16). The van der Waals surface area contributed by atoms with Crippen LogP contribution in [-0.2, 0) is 4.79 Å². The van der Waals surface area contributed by atoms with Gasteiger partial charge in [-0.3, -0.25) is 16.3 Å². The molecule has 1 atom stereocenters. The van der Waals surface area contributed by atoms with Gasteiger partial charge in [0, 0.05) is 5.69 Å². The van der Waals surface area contributed by atoms with Crippen LogP contribution in [0.15, 0.2) is 30.3 Å². The first-order chi connectivity index (χ1) is 7.66. The van der Waals surface area contributed by atoms with E-state index in [9.17, 15) is 4.79 Å². The van der Waals surface area contributed by atoms with E-state index in [1.165, 1.54) is 0 Å². The molecular weight excluding hydrogens is 204 g/mol. The van der Waals surface area contributed by atoms with Gasteiger partial charge in [0.1, 0.15) is 12.3 Å². The lowest BCUT2D eigenvalue weighted by Gasteiger charge is -2.22. The van der Waals surface area contributed by atoms with Gasteiger partial charge in [0.2, 0.25) is 5.91 Å². The summed E-state index contributed by atoms with van der Waals surface area (Å²) in [5.74, 6) is -0.235. The van der Waals surface area contributed by atoms with E-state index in [2.05, 4.69) is 10.6 Å². The SMILES string of the molecule is NC(N)NC(=O)C1C=Cc2ccccc2N1. The lowest BCUT2D eigenvalue weighted by Crippen LogP contribution is -2.52. The highest BCUT2D eigenvalue weighted by Gasteiger charge is 2.19. The molecule has 6 N–H and O–H groups in total. The Bertz CT molecular complexity index is 428. The molecule has 0 aliphatic carbocycles. The highest BCUT2D eigenvalue weighted by Crippen LogP contribution is 2.22. The zero-order valence-electron chi connectivity index (χ0n) is 8.68. The Morgan fingerprint density at radius 3 is 2.88 bits per heavy atom. The quantitative estimate of drug-likeness (QED) is 0.518. The summed E-state index contributed by atoms with van der Waals surface area (Å²) in [6, 6.07) is 7.32. The average molecular weight is 218 g/mol. The predicted octanol–water partition coefficient (Wildman–Crippen LogP) is -0.189. The van der Waals surface area contributed by atoms with Crippen molar-refractivity contribution in [2.24, 2.45) is 11.5 Å². The highest BCUT2D eigenvalue weighted by molar-refractivity contribution is 5.90. The maximum Gasteiger partial charge on any atom is 0.248 e. The molecule has 84 valence electrons. The number of hydrogen-bond donors (Lipinski definition) is 4. The van der Waals surface area contributed by atoms with Crippen molar-refractivity contribution >= 4 is 17.7 Å². The Labute approximate surface area is 93.5 Å². The third-order valence-electron chi connectivity index (χ3n) is 2.33. The first-order valence-corrected chi connectivity index (χ1v) is 5.02. The third-order valence-corrected chi connectivity index (χ3v) is 2.33. The van der Waals surface area contributed by atoms with Crippen LogP contribution >= 0.6 is 0 Å². The lowest BCUT2D eigenvalue weighted by molar-refractivity contribution is -0.121. The van der Waals surface area contributed by atoms with E-state index in [0.29, 0.717) is 0 Å². The highest BCUT2D eigenvalue weighted by atomic mass is 16.2. The van der Waals surface area contributed by atoms with Crippen LogP contribution in [0.2, 0.25) is 0 Å². The fraction of sp³-hybridized carbons (Fsp3) is 0.182. The molecule has 0 spiro atoms. The van der Waals surface area contributed by atoms with E-state index in [4.69, 9.17) is 11.5 Å². The molecule has 1 unspecified atom stereocenters. The van der Waals surface area contributed by atoms with E-state index in [1.807, 2.05) is 30.3 Å². The molecule has 1 aromatic rings. The molecule has 0 aromatic heterocycles. The minimum absolute atomic E-state index is 0.235. The second-order valence-electron chi connectivity index (χ2n) is 3.60. The van der Waals surface area contributed by atoms with E-state index in [-0.39, 0.29) is 5.91 Å². The summed E-state index contributed by atoms with van der Waals surface area (Å²) in [7, 11) is 0. The van der Waals surface area contributed by atoms with Crippen molar-refractivity contribution < 1.29 is 4.79 Å². The number of nitrogens with two attached hydrogens (primary N) is 2. The van der Waals surface area contributed by atoms with E-state index >= 15 is 0 Å². The van der Waals surface area contributed by atoms with Gasteiger partial charge in [0.25, 0.3) is 0 Å². The molecule has 2 rings (SSSR count). The maximum atomic E-state index is 11.6. The number of hydrogen-bond acceptors (Lipinski definition) is 4. The molecule has 1 heterocycles. The number of carbonyl (C=O) groups excluding carboxylic acids is 1. The van der Waals surface area contributed by atoms with Gasteiger partial charge in [-0.15, -0.1) is 0 Å². The predicted molar refractivity (Wildman–Crippen MR) is 63.2 cm³/mol. The summed E-state index contributed by atoms with van der Waals surface area (Å²) in [6.45, 7) is 0. The Morgan fingerprint density at radius 2 is 2.12 bits per heavy atom. The molecule has 1 aliphatic heterocycles. The Hall–Kier alpha value is -1.85. The molecule has 1 amide bonds. The molecule has 1 aliphatic rings. The van der Waals surface area contributed by atoms with Crippen molar-refractivity contribution in [2.45, 2.75) is 12.3 Å². The number of amides is 1. The van der Waals surface area contributed by atoms with Crippen molar-refractivity contribution in [3.63, 3.8) is 0 Å². The molecule has 0 fully saturated rings. The first kappa shape index (κ1) is 10.7. The third kappa shape index (κ3) is 2.21. The topological polar surface area (TPSA) is 93.2 Å². The fourth-order valence-electron chi connectivity index (χ4n) is 1.60. The van der Waals surface area contributed by atoms with Crippen LogP contribution in [-0.4, -0.2) is 18.2 Å². The first-order valence-electron chi connectivity index (χ1n) is 5.02. The average Bonchev–Trinajstić information content (AvgIpc) is 2.27. The molecule has 0 bridgehead atoms. The monoisotopic (exact) mass is 218 g/mol. The van der Waals surface area contributed by atoms with E-state index < -0.39 is 12.3 Å². The molecule has 16 heavy (non-hydrogen) atoms. The van der Waals surface area contributed by atoms with Gasteiger partial charge in [-0.2, -0.15) is 0 Å². The largest absolute Gasteiger partial charge is 0.370 e. The van der Waals surface area contributed by atoms with Gasteiger partial charge in [-0.1, -0.05) is 30.4 Å². The van der Waals surface area contributed by atoms with Gasteiger partial charge < -0.3 is 10.6 Å². The van der Waals surface area contributed by atoms with Crippen LogP contribution in [0.25, 0.3) is 6.08 Å². The molecule has 0 saturated carbocycles. The van der Waals surface area contributed by atoms with Gasteiger partial charge >= 0.3 is 0 Å². The second-order valence-corrected chi connectivity index (χ2v) is 3.60. The summed E-state index contributed by atoms with van der Waals surface area (Å²) >= 11 is 0.